The number of nitrogens with two attached hydrogens (primary N) is 1. The molecule has 0 unspecified atom stereocenters. The van der Waals surface area contributed by atoms with Crippen molar-refractivity contribution in [2.75, 3.05) is 6.54 Å². The van der Waals surface area contributed by atoms with Crippen molar-refractivity contribution in [3.05, 3.63) is 16.4 Å². The van der Waals surface area contributed by atoms with E-state index in [-0.39, 0.29) is 0 Å². The molecule has 0 aliphatic carbocycles. The third-order valence-electron chi connectivity index (χ3n) is 1.67. The average molecular weight is 232 g/mol. The lowest BCUT2D eigenvalue weighted by atomic mass is 10.3. The molecule has 4 heteroatoms. The number of nitrogens with zero attached hydrogens (tertiary/aromatic N) is 2. The summed E-state index contributed by atoms with van der Waals surface area (Å²) in [6.45, 7) is 4.85. The lowest BCUT2D eigenvalue weighted by Crippen LogP contribution is -2.06. The van der Waals surface area contributed by atoms with Gasteiger partial charge in [0.05, 0.1) is 10.2 Å². The smallest absolute Gasteiger partial charge is 0.0779 e. The Morgan fingerprint density at radius 3 is 2.75 bits per heavy atom. The normalized spacial score (nSPS) is 11.1. The zero-order valence-electron chi connectivity index (χ0n) is 7.42. The Kier molecular flexibility index (Phi) is 3.29. The topological polar surface area (TPSA) is 43.8 Å². The Morgan fingerprint density at radius 2 is 2.33 bits per heavy atom. The molecular formula is C8H14BrN3. The molecule has 0 aromatic carbocycles. The van der Waals surface area contributed by atoms with Gasteiger partial charge in [0.2, 0.25) is 0 Å². The second-order valence-corrected chi connectivity index (χ2v) is 3.89. The van der Waals surface area contributed by atoms with Crippen molar-refractivity contribution < 1.29 is 0 Å². The Hall–Kier alpha value is -0.350. The number of rotatable bonds is 3. The summed E-state index contributed by atoms with van der Waals surface area (Å²) in [5.41, 5.74) is 6.49. The van der Waals surface area contributed by atoms with Crippen molar-refractivity contribution in [1.29, 1.82) is 0 Å². The highest BCUT2D eigenvalue weighted by Crippen LogP contribution is 2.17. The third-order valence-corrected chi connectivity index (χ3v) is 2.33. The van der Waals surface area contributed by atoms with Gasteiger partial charge in [-0.3, -0.25) is 4.68 Å². The molecule has 1 heterocycles. The maximum atomic E-state index is 5.44. The highest BCUT2D eigenvalue weighted by molar-refractivity contribution is 9.10. The molecule has 0 radical (unpaired) electrons. The number of halogens is 1. The van der Waals surface area contributed by atoms with Crippen molar-refractivity contribution in [3.63, 3.8) is 0 Å². The van der Waals surface area contributed by atoms with Crippen LogP contribution in [0, 0.1) is 0 Å². The van der Waals surface area contributed by atoms with E-state index in [9.17, 15) is 0 Å². The molecule has 0 aliphatic rings. The van der Waals surface area contributed by atoms with Crippen LogP contribution in [0.5, 0.6) is 0 Å². The highest BCUT2D eigenvalue weighted by atomic mass is 79.9. The van der Waals surface area contributed by atoms with Crippen LogP contribution in [0.15, 0.2) is 10.7 Å². The van der Waals surface area contributed by atoms with E-state index >= 15 is 0 Å². The first-order valence-corrected chi connectivity index (χ1v) is 4.88. The molecule has 0 aliphatic heterocycles. The second-order valence-electron chi connectivity index (χ2n) is 3.04. The predicted octanol–water partition coefficient (Wildman–Crippen LogP) is 1.73. The van der Waals surface area contributed by atoms with Crippen LogP contribution < -0.4 is 5.73 Å². The summed E-state index contributed by atoms with van der Waals surface area (Å²) in [7, 11) is 0. The van der Waals surface area contributed by atoms with Gasteiger partial charge in [-0.1, -0.05) is 0 Å². The van der Waals surface area contributed by atoms with Crippen LogP contribution in [0.1, 0.15) is 25.6 Å². The monoisotopic (exact) mass is 231 g/mol. The van der Waals surface area contributed by atoms with Crippen molar-refractivity contribution >= 4 is 15.9 Å². The molecule has 68 valence electrons. The minimum atomic E-state index is 0.410. The summed E-state index contributed by atoms with van der Waals surface area (Å²) in [5, 5.41) is 4.39. The quantitative estimate of drug-likeness (QED) is 0.862. The van der Waals surface area contributed by atoms with Crippen LogP contribution in [0.3, 0.4) is 0 Å². The molecule has 2 N–H and O–H groups in total. The van der Waals surface area contributed by atoms with Crippen LogP contribution in [0.4, 0.5) is 0 Å². The fourth-order valence-corrected chi connectivity index (χ4v) is 1.46. The van der Waals surface area contributed by atoms with Gasteiger partial charge >= 0.3 is 0 Å². The SMILES string of the molecule is CC(C)n1cc(Br)c(CCN)n1. The zero-order chi connectivity index (χ0) is 9.14. The third kappa shape index (κ3) is 2.08. The van der Waals surface area contributed by atoms with Crippen LogP contribution in [-0.2, 0) is 6.42 Å². The van der Waals surface area contributed by atoms with E-state index in [1.165, 1.54) is 0 Å². The summed E-state index contributed by atoms with van der Waals surface area (Å²) in [5.74, 6) is 0. The average Bonchev–Trinajstić information content (AvgIpc) is 2.34. The first-order valence-electron chi connectivity index (χ1n) is 4.08. The molecule has 0 saturated heterocycles. The molecule has 0 amide bonds. The molecule has 0 spiro atoms. The molecule has 3 nitrogen and oxygen atoms in total. The Balaban J connectivity index is 2.85. The van der Waals surface area contributed by atoms with Gasteiger partial charge in [-0.15, -0.1) is 0 Å². The Morgan fingerprint density at radius 1 is 1.67 bits per heavy atom. The van der Waals surface area contributed by atoms with Crippen molar-refractivity contribution in [1.82, 2.24) is 9.78 Å². The fraction of sp³-hybridized carbons (Fsp3) is 0.625. The van der Waals surface area contributed by atoms with Crippen molar-refractivity contribution in [2.24, 2.45) is 5.73 Å². The van der Waals surface area contributed by atoms with Crippen LogP contribution in [0.2, 0.25) is 0 Å². The highest BCUT2D eigenvalue weighted by Gasteiger charge is 2.06. The molecule has 1 aromatic rings. The molecule has 0 saturated carbocycles. The maximum Gasteiger partial charge on any atom is 0.0779 e. The molecule has 1 aromatic heterocycles. The van der Waals surface area contributed by atoms with E-state index in [4.69, 9.17) is 5.73 Å². The van der Waals surface area contributed by atoms with Gasteiger partial charge in [-0.2, -0.15) is 5.10 Å². The van der Waals surface area contributed by atoms with Crippen LogP contribution in [0.25, 0.3) is 0 Å². The van der Waals surface area contributed by atoms with Crippen LogP contribution in [-0.4, -0.2) is 16.3 Å². The Bertz CT molecular complexity index is 255. The van der Waals surface area contributed by atoms with Gasteiger partial charge in [0.1, 0.15) is 0 Å². The summed E-state index contributed by atoms with van der Waals surface area (Å²) in [6.07, 6.45) is 2.83. The lowest BCUT2D eigenvalue weighted by Gasteiger charge is -2.02. The maximum absolute atomic E-state index is 5.44. The van der Waals surface area contributed by atoms with Gasteiger partial charge in [0.25, 0.3) is 0 Å². The van der Waals surface area contributed by atoms with Gasteiger partial charge in [-0.25, -0.2) is 0 Å². The van der Waals surface area contributed by atoms with E-state index in [0.29, 0.717) is 12.6 Å². The van der Waals surface area contributed by atoms with Crippen LogP contribution >= 0.6 is 15.9 Å². The summed E-state index contributed by atoms with van der Waals surface area (Å²) < 4.78 is 3.00. The van der Waals surface area contributed by atoms with Gasteiger partial charge in [0, 0.05) is 18.7 Å². The zero-order valence-corrected chi connectivity index (χ0v) is 9.00. The minimum Gasteiger partial charge on any atom is -0.330 e. The van der Waals surface area contributed by atoms with Crippen molar-refractivity contribution in [2.45, 2.75) is 26.3 Å². The van der Waals surface area contributed by atoms with Crippen molar-refractivity contribution in [3.8, 4) is 0 Å². The first kappa shape index (κ1) is 9.74. The second kappa shape index (κ2) is 4.05. The molecule has 0 atom stereocenters. The van der Waals surface area contributed by atoms with E-state index < -0.39 is 0 Å². The summed E-state index contributed by atoms with van der Waals surface area (Å²) >= 11 is 3.45. The number of hydrogen-bond donors (Lipinski definition) is 1. The summed E-state index contributed by atoms with van der Waals surface area (Å²) in [4.78, 5) is 0. The Labute approximate surface area is 81.1 Å². The molecule has 0 fully saturated rings. The number of hydrogen-bond acceptors (Lipinski definition) is 2. The van der Waals surface area contributed by atoms with E-state index in [0.717, 1.165) is 16.6 Å². The first-order chi connectivity index (χ1) is 5.65. The van der Waals surface area contributed by atoms with E-state index in [2.05, 4.69) is 34.9 Å². The molecule has 0 bridgehead atoms. The van der Waals surface area contributed by atoms with Gasteiger partial charge in [0.15, 0.2) is 0 Å². The largest absolute Gasteiger partial charge is 0.330 e. The van der Waals surface area contributed by atoms with E-state index in [1.807, 2.05) is 10.9 Å². The minimum absolute atomic E-state index is 0.410. The van der Waals surface area contributed by atoms with E-state index in [1.54, 1.807) is 0 Å². The fourth-order valence-electron chi connectivity index (χ4n) is 0.977. The van der Waals surface area contributed by atoms with Gasteiger partial charge in [-0.05, 0) is 36.3 Å². The number of aromatic nitrogens is 2. The predicted molar refractivity (Wildman–Crippen MR) is 53.1 cm³/mol. The lowest BCUT2D eigenvalue weighted by molar-refractivity contribution is 0.526. The standard InChI is InChI=1S/C8H14BrN3/c1-6(2)12-5-7(9)8(11-12)3-4-10/h5-6H,3-4,10H2,1-2H3. The molecular weight excluding hydrogens is 218 g/mol. The summed E-state index contributed by atoms with van der Waals surface area (Å²) in [6, 6.07) is 0.410. The molecule has 12 heavy (non-hydrogen) atoms. The molecule has 1 rings (SSSR count). The van der Waals surface area contributed by atoms with Gasteiger partial charge < -0.3 is 5.73 Å².